The third-order valence-corrected chi connectivity index (χ3v) is 1.40. The predicted octanol–water partition coefficient (Wildman–Crippen LogP) is -0.0258. The highest BCUT2D eigenvalue weighted by Gasteiger charge is 2.26. The highest BCUT2D eigenvalue weighted by molar-refractivity contribution is 5.75. The van der Waals surface area contributed by atoms with Crippen LogP contribution < -0.4 is 0 Å². The van der Waals surface area contributed by atoms with E-state index in [2.05, 4.69) is 0 Å². The van der Waals surface area contributed by atoms with Gasteiger partial charge in [-0.3, -0.25) is 0 Å². The second-order valence-electron chi connectivity index (χ2n) is 2.18. The van der Waals surface area contributed by atoms with Gasteiger partial charge in [0.2, 0.25) is 6.10 Å². The first-order valence-corrected chi connectivity index (χ1v) is 3.45. The third kappa shape index (κ3) is 1.88. The molecule has 1 aliphatic rings. The van der Waals surface area contributed by atoms with Gasteiger partial charge in [-0.1, -0.05) is 0 Å². The standard InChI is InChI=1S/C7H10O5/c1-10-5-4-11-2-3-12-6(5)7(8)9/h4,6H,2-3H2,1H3,(H,8,9). The van der Waals surface area contributed by atoms with Crippen LogP contribution >= 0.6 is 0 Å². The summed E-state index contributed by atoms with van der Waals surface area (Å²) in [4.78, 5) is 10.6. The minimum atomic E-state index is -1.08. The lowest BCUT2D eigenvalue weighted by Crippen LogP contribution is -2.26. The van der Waals surface area contributed by atoms with E-state index < -0.39 is 12.1 Å². The molecule has 0 aromatic rings. The van der Waals surface area contributed by atoms with Gasteiger partial charge in [-0.15, -0.1) is 0 Å². The minimum Gasteiger partial charge on any atom is -0.495 e. The number of rotatable bonds is 2. The Labute approximate surface area is 69.5 Å². The van der Waals surface area contributed by atoms with Crippen molar-refractivity contribution in [1.29, 1.82) is 0 Å². The molecule has 0 amide bonds. The van der Waals surface area contributed by atoms with E-state index in [1.165, 1.54) is 13.4 Å². The van der Waals surface area contributed by atoms with Crippen LogP contribution in [0.4, 0.5) is 0 Å². The molecule has 1 atom stereocenters. The van der Waals surface area contributed by atoms with Gasteiger partial charge in [0, 0.05) is 0 Å². The Balaban J connectivity index is 2.72. The van der Waals surface area contributed by atoms with Crippen molar-refractivity contribution in [3.8, 4) is 0 Å². The molecule has 1 unspecified atom stereocenters. The van der Waals surface area contributed by atoms with Crippen LogP contribution in [0.3, 0.4) is 0 Å². The van der Waals surface area contributed by atoms with E-state index in [9.17, 15) is 4.79 Å². The summed E-state index contributed by atoms with van der Waals surface area (Å²) in [5, 5.41) is 8.66. The van der Waals surface area contributed by atoms with Gasteiger partial charge in [-0.05, 0) is 0 Å². The number of hydrogen-bond donors (Lipinski definition) is 1. The van der Waals surface area contributed by atoms with Gasteiger partial charge in [-0.2, -0.15) is 0 Å². The van der Waals surface area contributed by atoms with Crippen molar-refractivity contribution in [2.75, 3.05) is 20.3 Å². The molecule has 5 nitrogen and oxygen atoms in total. The van der Waals surface area contributed by atoms with Gasteiger partial charge in [-0.25, -0.2) is 4.79 Å². The van der Waals surface area contributed by atoms with Crippen molar-refractivity contribution < 1.29 is 24.1 Å². The molecule has 1 rings (SSSR count). The zero-order valence-corrected chi connectivity index (χ0v) is 6.65. The van der Waals surface area contributed by atoms with Gasteiger partial charge in [0.25, 0.3) is 0 Å². The van der Waals surface area contributed by atoms with Crippen molar-refractivity contribution >= 4 is 5.97 Å². The van der Waals surface area contributed by atoms with Gasteiger partial charge >= 0.3 is 5.97 Å². The van der Waals surface area contributed by atoms with E-state index in [0.717, 1.165) is 0 Å². The number of ether oxygens (including phenoxy) is 3. The van der Waals surface area contributed by atoms with Crippen LogP contribution in [0, 0.1) is 0 Å². The van der Waals surface area contributed by atoms with Crippen molar-refractivity contribution in [2.45, 2.75) is 6.10 Å². The Kier molecular flexibility index (Phi) is 2.93. The lowest BCUT2D eigenvalue weighted by molar-refractivity contribution is -0.149. The molecule has 0 bridgehead atoms. The van der Waals surface area contributed by atoms with Crippen LogP contribution in [0.25, 0.3) is 0 Å². The van der Waals surface area contributed by atoms with Crippen LogP contribution in [-0.4, -0.2) is 37.5 Å². The van der Waals surface area contributed by atoms with Crippen LogP contribution in [0.15, 0.2) is 12.0 Å². The van der Waals surface area contributed by atoms with E-state index in [0.29, 0.717) is 6.61 Å². The predicted molar refractivity (Wildman–Crippen MR) is 38.4 cm³/mol. The normalized spacial score (nSPS) is 23.4. The number of carboxylic acid groups (broad SMARTS) is 1. The molecule has 68 valence electrons. The molecule has 0 saturated heterocycles. The summed E-state index contributed by atoms with van der Waals surface area (Å²) < 4.78 is 14.6. The first-order chi connectivity index (χ1) is 5.75. The maximum Gasteiger partial charge on any atom is 0.340 e. The molecule has 0 radical (unpaired) electrons. The Morgan fingerprint density at radius 2 is 2.50 bits per heavy atom. The molecule has 0 spiro atoms. The minimum absolute atomic E-state index is 0.181. The molecule has 0 aromatic carbocycles. The van der Waals surface area contributed by atoms with E-state index in [-0.39, 0.29) is 12.4 Å². The average Bonchev–Trinajstić information content (AvgIpc) is 2.27. The Hall–Kier alpha value is -1.23. The van der Waals surface area contributed by atoms with Crippen molar-refractivity contribution in [1.82, 2.24) is 0 Å². The van der Waals surface area contributed by atoms with Crippen LogP contribution in [0.5, 0.6) is 0 Å². The van der Waals surface area contributed by atoms with Gasteiger partial charge < -0.3 is 19.3 Å². The summed E-state index contributed by atoms with van der Waals surface area (Å²) in [6, 6.07) is 0. The van der Waals surface area contributed by atoms with Crippen LogP contribution in [-0.2, 0) is 19.0 Å². The summed E-state index contributed by atoms with van der Waals surface area (Å²) in [6.45, 7) is 0.594. The first-order valence-electron chi connectivity index (χ1n) is 3.45. The zero-order valence-electron chi connectivity index (χ0n) is 6.65. The second-order valence-corrected chi connectivity index (χ2v) is 2.18. The third-order valence-electron chi connectivity index (χ3n) is 1.40. The topological polar surface area (TPSA) is 65.0 Å². The van der Waals surface area contributed by atoms with E-state index >= 15 is 0 Å². The van der Waals surface area contributed by atoms with Crippen molar-refractivity contribution in [3.63, 3.8) is 0 Å². The van der Waals surface area contributed by atoms with Crippen molar-refractivity contribution in [2.24, 2.45) is 0 Å². The fourth-order valence-electron chi connectivity index (χ4n) is 0.847. The van der Waals surface area contributed by atoms with Crippen molar-refractivity contribution in [3.05, 3.63) is 12.0 Å². The highest BCUT2D eigenvalue weighted by Crippen LogP contribution is 2.11. The molecule has 1 N–H and O–H groups in total. The van der Waals surface area contributed by atoms with E-state index in [1.807, 2.05) is 0 Å². The van der Waals surface area contributed by atoms with Gasteiger partial charge in [0.05, 0.1) is 13.7 Å². The summed E-state index contributed by atoms with van der Waals surface area (Å²) in [7, 11) is 1.37. The zero-order chi connectivity index (χ0) is 8.97. The Morgan fingerprint density at radius 1 is 1.75 bits per heavy atom. The SMILES string of the molecule is COC1=COCCOC1C(=O)O. The quantitative estimate of drug-likeness (QED) is 0.637. The number of carboxylic acids is 1. The highest BCUT2D eigenvalue weighted by atomic mass is 16.6. The lowest BCUT2D eigenvalue weighted by Gasteiger charge is -2.11. The molecule has 0 saturated carbocycles. The largest absolute Gasteiger partial charge is 0.495 e. The van der Waals surface area contributed by atoms with Gasteiger partial charge in [0.1, 0.15) is 12.9 Å². The van der Waals surface area contributed by atoms with Crippen LogP contribution in [0.2, 0.25) is 0 Å². The fourth-order valence-corrected chi connectivity index (χ4v) is 0.847. The molecule has 0 aromatic heterocycles. The molecule has 0 fully saturated rings. The summed E-state index contributed by atoms with van der Waals surface area (Å²) in [5.74, 6) is -0.895. The lowest BCUT2D eigenvalue weighted by atomic mass is 10.3. The fraction of sp³-hybridized carbons (Fsp3) is 0.571. The van der Waals surface area contributed by atoms with E-state index in [1.54, 1.807) is 0 Å². The number of hydrogen-bond acceptors (Lipinski definition) is 4. The molecular formula is C7H10O5. The summed E-state index contributed by atoms with van der Waals surface area (Å²) >= 11 is 0. The number of aliphatic carboxylic acids is 1. The molecule has 12 heavy (non-hydrogen) atoms. The smallest absolute Gasteiger partial charge is 0.340 e. The molecule has 1 heterocycles. The van der Waals surface area contributed by atoms with Gasteiger partial charge in [0.15, 0.2) is 5.76 Å². The van der Waals surface area contributed by atoms with Crippen LogP contribution in [0.1, 0.15) is 0 Å². The maximum absolute atomic E-state index is 10.6. The molecule has 5 heteroatoms. The average molecular weight is 174 g/mol. The summed E-state index contributed by atoms with van der Waals surface area (Å²) in [6.07, 6.45) is 0.226. The molecule has 1 aliphatic heterocycles. The monoisotopic (exact) mass is 174 g/mol. The first kappa shape index (κ1) is 8.86. The summed E-state index contributed by atoms with van der Waals surface area (Å²) in [5.41, 5.74) is 0. The molecular weight excluding hydrogens is 164 g/mol. The second kappa shape index (κ2) is 3.96. The van der Waals surface area contributed by atoms with E-state index in [4.69, 9.17) is 19.3 Å². The Bertz CT molecular complexity index is 198. The number of methoxy groups -OCH3 is 1. The maximum atomic E-state index is 10.6. The molecule has 0 aliphatic carbocycles. The number of carbonyl (C=O) groups is 1. The Morgan fingerprint density at radius 3 is 3.08 bits per heavy atom.